The van der Waals surface area contributed by atoms with E-state index in [1.165, 1.54) is 19.3 Å². The van der Waals surface area contributed by atoms with E-state index in [0.717, 1.165) is 12.2 Å². The van der Waals surface area contributed by atoms with E-state index < -0.39 is 0 Å². The molecule has 0 bridgehead atoms. The molecule has 104 valence electrons. The first-order valence-electron chi connectivity index (χ1n) is 7.14. The summed E-state index contributed by atoms with van der Waals surface area (Å²) >= 11 is 5.18. The normalized spacial score (nSPS) is 28.2. The first kappa shape index (κ1) is 12.8. The van der Waals surface area contributed by atoms with E-state index in [1.807, 2.05) is 11.5 Å². The molecule has 3 rings (SSSR count). The summed E-state index contributed by atoms with van der Waals surface area (Å²) in [6, 6.07) is 0. The Morgan fingerprint density at radius 2 is 2.26 bits per heavy atom. The molecule has 1 aromatic heterocycles. The molecule has 2 atom stereocenters. The summed E-state index contributed by atoms with van der Waals surface area (Å²) in [5.41, 5.74) is 0. The van der Waals surface area contributed by atoms with Gasteiger partial charge in [0.2, 0.25) is 5.91 Å². The standard InChI is InChI=1S/C13H20N4OS/c1-2-10-15-16-13(19)17(10)7-6-14-12(18)11-8-4-3-5-9(8)11/h8-9,11H,2-7H2,1H3,(H,14,18)(H,16,19)/t8-,9-/m0/s1. The molecule has 1 aromatic rings. The summed E-state index contributed by atoms with van der Waals surface area (Å²) < 4.78 is 2.60. The highest BCUT2D eigenvalue weighted by molar-refractivity contribution is 7.71. The van der Waals surface area contributed by atoms with Crippen LogP contribution in [0.4, 0.5) is 0 Å². The Morgan fingerprint density at radius 3 is 2.95 bits per heavy atom. The molecular weight excluding hydrogens is 260 g/mol. The predicted molar refractivity (Wildman–Crippen MR) is 74.1 cm³/mol. The summed E-state index contributed by atoms with van der Waals surface area (Å²) in [5, 5.41) is 10.00. The van der Waals surface area contributed by atoms with Crippen LogP contribution < -0.4 is 5.32 Å². The third-order valence-electron chi connectivity index (χ3n) is 4.50. The van der Waals surface area contributed by atoms with E-state index in [9.17, 15) is 4.79 Å². The molecule has 0 aliphatic heterocycles. The number of rotatable bonds is 5. The minimum absolute atomic E-state index is 0.239. The van der Waals surface area contributed by atoms with Crippen LogP contribution in [0.3, 0.4) is 0 Å². The maximum atomic E-state index is 12.0. The molecule has 2 saturated carbocycles. The Bertz CT molecular complexity index is 525. The van der Waals surface area contributed by atoms with E-state index >= 15 is 0 Å². The molecule has 2 fully saturated rings. The van der Waals surface area contributed by atoms with Crippen molar-refractivity contribution in [2.24, 2.45) is 17.8 Å². The maximum absolute atomic E-state index is 12.0. The van der Waals surface area contributed by atoms with Gasteiger partial charge in [0, 0.05) is 25.4 Å². The van der Waals surface area contributed by atoms with Crippen molar-refractivity contribution >= 4 is 18.1 Å². The quantitative estimate of drug-likeness (QED) is 0.806. The number of nitrogens with one attached hydrogen (secondary N) is 2. The van der Waals surface area contributed by atoms with Crippen LogP contribution in [0.2, 0.25) is 0 Å². The van der Waals surface area contributed by atoms with Crippen LogP contribution in [-0.2, 0) is 17.8 Å². The van der Waals surface area contributed by atoms with E-state index in [4.69, 9.17) is 12.2 Å². The Labute approximate surface area is 117 Å². The molecular formula is C13H20N4OS. The summed E-state index contributed by atoms with van der Waals surface area (Å²) in [7, 11) is 0. The Kier molecular flexibility index (Phi) is 3.43. The summed E-state index contributed by atoms with van der Waals surface area (Å²) in [5.74, 6) is 2.85. The van der Waals surface area contributed by atoms with Gasteiger partial charge < -0.3 is 9.88 Å². The van der Waals surface area contributed by atoms with Crippen LogP contribution in [0.5, 0.6) is 0 Å². The number of aryl methyl sites for hydroxylation is 1. The van der Waals surface area contributed by atoms with Crippen molar-refractivity contribution in [3.8, 4) is 0 Å². The van der Waals surface area contributed by atoms with Crippen LogP contribution in [0.15, 0.2) is 0 Å². The summed E-state index contributed by atoms with van der Waals surface area (Å²) in [4.78, 5) is 12.0. The number of amides is 1. The largest absolute Gasteiger partial charge is 0.354 e. The van der Waals surface area contributed by atoms with E-state index in [1.54, 1.807) is 0 Å². The number of H-pyrrole nitrogens is 1. The molecule has 0 aromatic carbocycles. The van der Waals surface area contributed by atoms with Gasteiger partial charge in [-0.3, -0.25) is 9.89 Å². The summed E-state index contributed by atoms with van der Waals surface area (Å²) in [6.07, 6.45) is 4.64. The number of carbonyl (C=O) groups excluding carboxylic acids is 1. The van der Waals surface area contributed by atoms with Crippen molar-refractivity contribution < 1.29 is 4.79 Å². The van der Waals surface area contributed by atoms with Gasteiger partial charge in [-0.25, -0.2) is 0 Å². The average molecular weight is 280 g/mol. The number of carbonyl (C=O) groups is 1. The lowest BCUT2D eigenvalue weighted by Gasteiger charge is -2.08. The molecule has 2 N–H and O–H groups in total. The predicted octanol–water partition coefficient (Wildman–Crippen LogP) is 1.67. The van der Waals surface area contributed by atoms with E-state index in [0.29, 0.717) is 35.6 Å². The zero-order chi connectivity index (χ0) is 13.4. The smallest absolute Gasteiger partial charge is 0.223 e. The van der Waals surface area contributed by atoms with Gasteiger partial charge >= 0.3 is 0 Å². The fourth-order valence-electron chi connectivity index (χ4n) is 3.47. The zero-order valence-electron chi connectivity index (χ0n) is 11.2. The SMILES string of the molecule is CCc1n[nH]c(=S)n1CCNC(=O)C1[C@H]2CCC[C@H]12. The molecule has 0 spiro atoms. The van der Waals surface area contributed by atoms with Gasteiger partial charge in [-0.05, 0) is 36.9 Å². The van der Waals surface area contributed by atoms with Gasteiger partial charge in [0.05, 0.1) is 0 Å². The molecule has 6 heteroatoms. The molecule has 0 radical (unpaired) electrons. The third kappa shape index (κ3) is 2.33. The van der Waals surface area contributed by atoms with Crippen molar-refractivity contribution in [1.82, 2.24) is 20.1 Å². The Morgan fingerprint density at radius 1 is 1.53 bits per heavy atom. The molecule has 0 saturated heterocycles. The minimum atomic E-state index is 0.239. The van der Waals surface area contributed by atoms with E-state index in [-0.39, 0.29) is 5.91 Å². The van der Waals surface area contributed by atoms with Gasteiger partial charge in [0.15, 0.2) is 4.77 Å². The first-order valence-corrected chi connectivity index (χ1v) is 7.55. The van der Waals surface area contributed by atoms with Gasteiger partial charge in [0.1, 0.15) is 5.82 Å². The van der Waals surface area contributed by atoms with E-state index in [2.05, 4.69) is 15.5 Å². The van der Waals surface area contributed by atoms with Gasteiger partial charge in [-0.1, -0.05) is 13.3 Å². The van der Waals surface area contributed by atoms with Crippen molar-refractivity contribution in [2.45, 2.75) is 39.2 Å². The minimum Gasteiger partial charge on any atom is -0.354 e. The lowest BCUT2D eigenvalue weighted by atomic mass is 10.1. The van der Waals surface area contributed by atoms with Crippen LogP contribution in [0.1, 0.15) is 32.0 Å². The monoisotopic (exact) mass is 280 g/mol. The Balaban J connectivity index is 1.49. The Hall–Kier alpha value is -1.17. The van der Waals surface area contributed by atoms with Gasteiger partial charge in [-0.2, -0.15) is 5.10 Å². The molecule has 1 heterocycles. The highest BCUT2D eigenvalue weighted by atomic mass is 32.1. The third-order valence-corrected chi connectivity index (χ3v) is 4.81. The first-order chi connectivity index (χ1) is 9.22. The van der Waals surface area contributed by atoms with Crippen LogP contribution in [-0.4, -0.2) is 27.2 Å². The van der Waals surface area contributed by atoms with Crippen molar-refractivity contribution in [1.29, 1.82) is 0 Å². The lowest BCUT2D eigenvalue weighted by Crippen LogP contribution is -2.30. The van der Waals surface area contributed by atoms with Crippen LogP contribution >= 0.6 is 12.2 Å². The molecule has 2 aliphatic carbocycles. The summed E-state index contributed by atoms with van der Waals surface area (Å²) in [6.45, 7) is 3.38. The van der Waals surface area contributed by atoms with Gasteiger partial charge in [-0.15, -0.1) is 0 Å². The maximum Gasteiger partial charge on any atom is 0.223 e. The number of aromatic amines is 1. The van der Waals surface area contributed by atoms with Gasteiger partial charge in [0.25, 0.3) is 0 Å². The van der Waals surface area contributed by atoms with Crippen molar-refractivity contribution in [2.75, 3.05) is 6.54 Å². The number of fused-ring (bicyclic) bond motifs is 1. The van der Waals surface area contributed by atoms with Crippen LogP contribution in [0.25, 0.3) is 0 Å². The highest BCUT2D eigenvalue weighted by Gasteiger charge is 2.56. The topological polar surface area (TPSA) is 62.7 Å². The number of hydrogen-bond acceptors (Lipinski definition) is 3. The molecule has 5 nitrogen and oxygen atoms in total. The second-order valence-electron chi connectivity index (χ2n) is 5.53. The molecule has 2 aliphatic rings. The second kappa shape index (κ2) is 5.07. The number of aromatic nitrogens is 3. The molecule has 19 heavy (non-hydrogen) atoms. The fourth-order valence-corrected chi connectivity index (χ4v) is 3.71. The zero-order valence-corrected chi connectivity index (χ0v) is 12.0. The average Bonchev–Trinajstić information content (AvgIpc) is 2.74. The fraction of sp³-hybridized carbons (Fsp3) is 0.769. The van der Waals surface area contributed by atoms with Crippen LogP contribution in [0, 0.1) is 22.5 Å². The number of nitrogens with zero attached hydrogens (tertiary/aromatic N) is 2. The van der Waals surface area contributed by atoms with Crippen molar-refractivity contribution in [3.05, 3.63) is 10.6 Å². The second-order valence-corrected chi connectivity index (χ2v) is 5.91. The molecule has 0 unspecified atom stereocenters. The molecule has 1 amide bonds. The van der Waals surface area contributed by atoms with Crippen molar-refractivity contribution in [3.63, 3.8) is 0 Å². The lowest BCUT2D eigenvalue weighted by molar-refractivity contribution is -0.123. The highest BCUT2D eigenvalue weighted by Crippen LogP contribution is 2.57. The number of hydrogen-bond donors (Lipinski definition) is 2.